The third kappa shape index (κ3) is 1.96. The van der Waals surface area contributed by atoms with E-state index in [9.17, 15) is 8.78 Å². The molecule has 0 saturated carbocycles. The lowest BCUT2D eigenvalue weighted by atomic mass is 10.2. The summed E-state index contributed by atoms with van der Waals surface area (Å²) in [6.07, 6.45) is 4.10. The average molecular weight is 222 g/mol. The molecule has 0 atom stereocenters. The van der Waals surface area contributed by atoms with Gasteiger partial charge in [0.2, 0.25) is 0 Å². The number of imidazole rings is 1. The van der Waals surface area contributed by atoms with Gasteiger partial charge in [-0.2, -0.15) is 0 Å². The summed E-state index contributed by atoms with van der Waals surface area (Å²) in [7, 11) is 0. The number of halogens is 2. The van der Waals surface area contributed by atoms with Crippen molar-refractivity contribution in [3.63, 3.8) is 0 Å². The first-order valence-electron chi connectivity index (χ1n) is 5.15. The van der Waals surface area contributed by atoms with E-state index in [2.05, 4.69) is 4.98 Å². The molecule has 0 amide bonds. The molecule has 84 valence electrons. The zero-order valence-corrected chi connectivity index (χ0v) is 8.95. The summed E-state index contributed by atoms with van der Waals surface area (Å²) in [6, 6.07) is 3.89. The van der Waals surface area contributed by atoms with Crippen LogP contribution in [0.4, 0.5) is 8.78 Å². The summed E-state index contributed by atoms with van der Waals surface area (Å²) in [5.74, 6) is -0.214. The largest absolute Gasteiger partial charge is 0.330 e. The van der Waals surface area contributed by atoms with Crippen molar-refractivity contribution in [2.75, 3.05) is 0 Å². The van der Waals surface area contributed by atoms with Crippen LogP contribution in [0.15, 0.2) is 30.6 Å². The standard InChI is InChI=1S/C12H12F2N2/c1-2-12-15-6-7-16(12)8-9-10(13)4-3-5-11(9)14/h3-7H,2,8H2,1H3. The van der Waals surface area contributed by atoms with E-state index in [0.29, 0.717) is 0 Å². The lowest BCUT2D eigenvalue weighted by Crippen LogP contribution is -2.07. The number of hydrogen-bond donors (Lipinski definition) is 0. The van der Waals surface area contributed by atoms with E-state index >= 15 is 0 Å². The second-order valence-electron chi connectivity index (χ2n) is 3.53. The molecule has 2 aromatic rings. The Morgan fingerprint density at radius 2 is 1.94 bits per heavy atom. The Balaban J connectivity index is 2.34. The van der Waals surface area contributed by atoms with E-state index in [1.807, 2.05) is 6.92 Å². The lowest BCUT2D eigenvalue weighted by Gasteiger charge is -2.08. The molecule has 0 N–H and O–H groups in total. The fraction of sp³-hybridized carbons (Fsp3) is 0.250. The molecule has 4 heteroatoms. The highest BCUT2D eigenvalue weighted by atomic mass is 19.1. The number of aryl methyl sites for hydroxylation is 1. The number of benzene rings is 1. The van der Waals surface area contributed by atoms with Gasteiger partial charge in [0.1, 0.15) is 17.5 Å². The molecule has 0 unspecified atom stereocenters. The summed E-state index contributed by atoms with van der Waals surface area (Å²) in [6.45, 7) is 2.14. The van der Waals surface area contributed by atoms with Gasteiger partial charge in [-0.1, -0.05) is 13.0 Å². The van der Waals surface area contributed by atoms with Crippen LogP contribution in [-0.2, 0) is 13.0 Å². The first-order chi connectivity index (χ1) is 7.72. The molecule has 1 heterocycles. The number of hydrogen-bond acceptors (Lipinski definition) is 1. The minimum absolute atomic E-state index is 0.0789. The van der Waals surface area contributed by atoms with Crippen molar-refractivity contribution < 1.29 is 8.78 Å². The van der Waals surface area contributed by atoms with Crippen molar-refractivity contribution in [3.05, 3.63) is 53.6 Å². The van der Waals surface area contributed by atoms with Crippen LogP contribution in [0.5, 0.6) is 0 Å². The Kier molecular flexibility index (Phi) is 2.99. The van der Waals surface area contributed by atoms with E-state index in [4.69, 9.17) is 0 Å². The van der Waals surface area contributed by atoms with Gasteiger partial charge in [0.25, 0.3) is 0 Å². The second-order valence-corrected chi connectivity index (χ2v) is 3.53. The van der Waals surface area contributed by atoms with Crippen molar-refractivity contribution in [1.82, 2.24) is 9.55 Å². The summed E-state index contributed by atoms with van der Waals surface area (Å²) in [5, 5.41) is 0. The third-order valence-corrected chi connectivity index (χ3v) is 2.51. The molecule has 0 saturated heterocycles. The fourth-order valence-electron chi connectivity index (χ4n) is 1.65. The molecule has 0 spiro atoms. The summed E-state index contributed by atoms with van der Waals surface area (Å²) in [5.41, 5.74) is 0.0789. The van der Waals surface area contributed by atoms with Crippen molar-refractivity contribution in [3.8, 4) is 0 Å². The van der Waals surface area contributed by atoms with Crippen LogP contribution < -0.4 is 0 Å². The van der Waals surface area contributed by atoms with Crippen LogP contribution in [0, 0.1) is 11.6 Å². The van der Waals surface area contributed by atoms with Gasteiger partial charge in [-0.3, -0.25) is 0 Å². The molecule has 0 radical (unpaired) electrons. The van der Waals surface area contributed by atoms with E-state index < -0.39 is 11.6 Å². The Bertz CT molecular complexity index is 471. The van der Waals surface area contributed by atoms with Crippen LogP contribution in [0.25, 0.3) is 0 Å². The quantitative estimate of drug-likeness (QED) is 0.780. The molecule has 1 aromatic heterocycles. The smallest absolute Gasteiger partial charge is 0.131 e. The van der Waals surface area contributed by atoms with Crippen LogP contribution in [0.1, 0.15) is 18.3 Å². The highest BCUT2D eigenvalue weighted by Crippen LogP contribution is 2.14. The van der Waals surface area contributed by atoms with Crippen molar-refractivity contribution in [2.24, 2.45) is 0 Å². The van der Waals surface area contributed by atoms with Gasteiger partial charge in [-0.05, 0) is 12.1 Å². The second kappa shape index (κ2) is 4.43. The van der Waals surface area contributed by atoms with Gasteiger partial charge < -0.3 is 4.57 Å². The molecule has 2 nitrogen and oxygen atoms in total. The average Bonchev–Trinajstić information content (AvgIpc) is 2.71. The highest BCUT2D eigenvalue weighted by molar-refractivity contribution is 5.20. The van der Waals surface area contributed by atoms with E-state index in [1.165, 1.54) is 18.2 Å². The Morgan fingerprint density at radius 3 is 2.56 bits per heavy atom. The first kappa shape index (κ1) is 10.8. The Labute approximate surface area is 92.6 Å². The minimum Gasteiger partial charge on any atom is -0.330 e. The summed E-state index contributed by atoms with van der Waals surface area (Å²) >= 11 is 0. The zero-order valence-electron chi connectivity index (χ0n) is 8.95. The maximum Gasteiger partial charge on any atom is 0.131 e. The molecule has 2 rings (SSSR count). The summed E-state index contributed by atoms with van der Waals surface area (Å²) in [4.78, 5) is 4.11. The summed E-state index contributed by atoms with van der Waals surface area (Å²) < 4.78 is 28.6. The van der Waals surface area contributed by atoms with Gasteiger partial charge in [0.05, 0.1) is 6.54 Å². The third-order valence-electron chi connectivity index (χ3n) is 2.51. The molecule has 0 aliphatic carbocycles. The highest BCUT2D eigenvalue weighted by Gasteiger charge is 2.10. The minimum atomic E-state index is -0.518. The number of aromatic nitrogens is 2. The van der Waals surface area contributed by atoms with E-state index in [1.54, 1.807) is 17.0 Å². The lowest BCUT2D eigenvalue weighted by molar-refractivity contribution is 0.541. The molecular weight excluding hydrogens is 210 g/mol. The Hall–Kier alpha value is -1.71. The molecule has 1 aromatic carbocycles. The maximum atomic E-state index is 13.4. The topological polar surface area (TPSA) is 17.8 Å². The van der Waals surface area contributed by atoms with Crippen LogP contribution in [0.3, 0.4) is 0 Å². The van der Waals surface area contributed by atoms with Crippen molar-refractivity contribution in [1.29, 1.82) is 0 Å². The molecule has 0 aliphatic heterocycles. The van der Waals surface area contributed by atoms with Gasteiger partial charge in [-0.15, -0.1) is 0 Å². The fourth-order valence-corrected chi connectivity index (χ4v) is 1.65. The SMILES string of the molecule is CCc1nccn1Cc1c(F)cccc1F. The zero-order chi connectivity index (χ0) is 11.5. The van der Waals surface area contributed by atoms with Gasteiger partial charge in [0.15, 0.2) is 0 Å². The molecule has 16 heavy (non-hydrogen) atoms. The normalized spacial score (nSPS) is 10.7. The predicted molar refractivity (Wildman–Crippen MR) is 57.1 cm³/mol. The van der Waals surface area contributed by atoms with Crippen LogP contribution in [0.2, 0.25) is 0 Å². The monoisotopic (exact) mass is 222 g/mol. The first-order valence-corrected chi connectivity index (χ1v) is 5.15. The predicted octanol–water partition coefficient (Wildman–Crippen LogP) is 2.77. The molecule has 0 fully saturated rings. The molecule has 0 bridgehead atoms. The number of nitrogens with zero attached hydrogens (tertiary/aromatic N) is 2. The van der Waals surface area contributed by atoms with E-state index in [-0.39, 0.29) is 12.1 Å². The van der Waals surface area contributed by atoms with Crippen molar-refractivity contribution >= 4 is 0 Å². The maximum absolute atomic E-state index is 13.4. The van der Waals surface area contributed by atoms with E-state index in [0.717, 1.165) is 12.2 Å². The van der Waals surface area contributed by atoms with Crippen LogP contribution in [-0.4, -0.2) is 9.55 Å². The van der Waals surface area contributed by atoms with Crippen molar-refractivity contribution in [2.45, 2.75) is 19.9 Å². The van der Waals surface area contributed by atoms with Gasteiger partial charge >= 0.3 is 0 Å². The molecule has 0 aliphatic rings. The molecular formula is C12H12F2N2. The Morgan fingerprint density at radius 1 is 1.25 bits per heavy atom. The van der Waals surface area contributed by atoms with Gasteiger partial charge in [0, 0.05) is 24.4 Å². The van der Waals surface area contributed by atoms with Crippen LogP contribution >= 0.6 is 0 Å². The number of rotatable bonds is 3. The van der Waals surface area contributed by atoms with Gasteiger partial charge in [-0.25, -0.2) is 13.8 Å².